The molecule has 0 atom stereocenters. The second-order valence-corrected chi connectivity index (χ2v) is 11.8. The molecule has 0 bridgehead atoms. The number of likely N-dealkylation sites (tertiary alicyclic amines) is 1. The quantitative estimate of drug-likeness (QED) is 0.195. The maximum Gasteiger partial charge on any atom is 0.162 e. The standard InChI is InChI=1S/C37H39FN2O2/c38-35-13-9-29(10-14-35)25-40-21-22-42-37-16-12-33(24-34(37)27-40)36(41)15-11-28-17-19-39(20-18-28)26-30-5-4-8-32(23-30)31-6-2-1-3-7-31/h1-10,12-14,16,23-24,28H,11,15,17-22,25-27H2. The molecule has 1 saturated heterocycles. The molecule has 0 spiro atoms. The van der Waals surface area contributed by atoms with E-state index in [1.165, 1.54) is 28.8 Å². The molecule has 2 aliphatic heterocycles. The summed E-state index contributed by atoms with van der Waals surface area (Å²) in [6.45, 7) is 5.94. The lowest BCUT2D eigenvalue weighted by Gasteiger charge is -2.32. The summed E-state index contributed by atoms with van der Waals surface area (Å²) in [7, 11) is 0. The molecule has 4 aromatic rings. The van der Waals surface area contributed by atoms with Gasteiger partial charge in [0.25, 0.3) is 0 Å². The third-order valence-corrected chi connectivity index (χ3v) is 8.69. The van der Waals surface area contributed by atoms with E-state index in [0.717, 1.165) is 74.4 Å². The van der Waals surface area contributed by atoms with Crippen LogP contribution in [-0.2, 0) is 19.6 Å². The number of ketones is 1. The van der Waals surface area contributed by atoms with E-state index in [9.17, 15) is 9.18 Å². The number of rotatable bonds is 9. The van der Waals surface area contributed by atoms with E-state index in [1.807, 2.05) is 30.3 Å². The van der Waals surface area contributed by atoms with Crippen LogP contribution < -0.4 is 4.74 Å². The fourth-order valence-electron chi connectivity index (χ4n) is 6.26. The van der Waals surface area contributed by atoms with Crippen LogP contribution >= 0.6 is 0 Å². The largest absolute Gasteiger partial charge is 0.492 e. The Balaban J connectivity index is 0.987. The molecule has 0 aromatic heterocycles. The Kier molecular flexibility index (Phi) is 9.07. The highest BCUT2D eigenvalue weighted by Gasteiger charge is 2.22. The number of halogens is 1. The first-order valence-electron chi connectivity index (χ1n) is 15.2. The number of nitrogens with zero attached hydrogens (tertiary/aromatic N) is 2. The second-order valence-electron chi connectivity index (χ2n) is 11.8. The summed E-state index contributed by atoms with van der Waals surface area (Å²) in [6, 6.07) is 32.0. The van der Waals surface area contributed by atoms with Crippen molar-refractivity contribution in [1.29, 1.82) is 0 Å². The third kappa shape index (κ3) is 7.33. The van der Waals surface area contributed by atoms with E-state index in [-0.39, 0.29) is 11.6 Å². The number of benzene rings is 4. The van der Waals surface area contributed by atoms with Crippen LogP contribution in [0.15, 0.2) is 97.1 Å². The highest BCUT2D eigenvalue weighted by molar-refractivity contribution is 5.96. The molecule has 4 nitrogen and oxygen atoms in total. The molecule has 0 unspecified atom stereocenters. The predicted octanol–water partition coefficient (Wildman–Crippen LogP) is 7.76. The molecule has 216 valence electrons. The number of carbonyl (C=O) groups excluding carboxylic acids is 1. The summed E-state index contributed by atoms with van der Waals surface area (Å²) < 4.78 is 19.3. The lowest BCUT2D eigenvalue weighted by molar-refractivity contribution is 0.0961. The molecule has 0 aliphatic carbocycles. The first-order valence-corrected chi connectivity index (χ1v) is 15.2. The molecule has 0 N–H and O–H groups in total. The van der Waals surface area contributed by atoms with Gasteiger partial charge in [0, 0.05) is 43.7 Å². The molecule has 5 heteroatoms. The van der Waals surface area contributed by atoms with E-state index in [4.69, 9.17) is 4.74 Å². The van der Waals surface area contributed by atoms with Gasteiger partial charge in [-0.1, -0.05) is 60.7 Å². The van der Waals surface area contributed by atoms with Crippen LogP contribution in [0.3, 0.4) is 0 Å². The number of Topliss-reactive ketones (excluding diaryl/α,β-unsaturated/α-hetero) is 1. The lowest BCUT2D eigenvalue weighted by Crippen LogP contribution is -2.33. The van der Waals surface area contributed by atoms with Crippen molar-refractivity contribution in [3.63, 3.8) is 0 Å². The zero-order valence-corrected chi connectivity index (χ0v) is 24.2. The first kappa shape index (κ1) is 28.3. The van der Waals surface area contributed by atoms with Crippen LogP contribution in [0.2, 0.25) is 0 Å². The highest BCUT2D eigenvalue weighted by atomic mass is 19.1. The highest BCUT2D eigenvalue weighted by Crippen LogP contribution is 2.28. The van der Waals surface area contributed by atoms with Crippen molar-refractivity contribution in [1.82, 2.24) is 9.80 Å². The van der Waals surface area contributed by atoms with E-state index in [0.29, 0.717) is 25.5 Å². The molecule has 0 saturated carbocycles. The maximum absolute atomic E-state index is 13.3. The van der Waals surface area contributed by atoms with Crippen LogP contribution in [0, 0.1) is 11.7 Å². The van der Waals surface area contributed by atoms with Gasteiger partial charge in [0.1, 0.15) is 18.2 Å². The molecule has 4 aromatic carbocycles. The van der Waals surface area contributed by atoms with Gasteiger partial charge in [-0.2, -0.15) is 0 Å². The van der Waals surface area contributed by atoms with Gasteiger partial charge in [0.2, 0.25) is 0 Å². The molecule has 1 fully saturated rings. The molecule has 0 amide bonds. The average Bonchev–Trinajstić information content (AvgIpc) is 3.23. The summed E-state index contributed by atoms with van der Waals surface area (Å²) in [5.41, 5.74) is 6.77. The molecule has 42 heavy (non-hydrogen) atoms. The average molecular weight is 563 g/mol. The Labute approximate surface area is 248 Å². The predicted molar refractivity (Wildman–Crippen MR) is 166 cm³/mol. The second kappa shape index (κ2) is 13.5. The summed E-state index contributed by atoms with van der Waals surface area (Å²) in [6.07, 6.45) is 3.81. The van der Waals surface area contributed by atoms with Crippen LogP contribution in [0.1, 0.15) is 52.7 Å². The van der Waals surface area contributed by atoms with Crippen molar-refractivity contribution in [3.05, 3.63) is 125 Å². The van der Waals surface area contributed by atoms with Crippen molar-refractivity contribution in [2.24, 2.45) is 5.92 Å². The summed E-state index contributed by atoms with van der Waals surface area (Å²) in [5.74, 6) is 1.44. The van der Waals surface area contributed by atoms with Crippen molar-refractivity contribution >= 4 is 5.78 Å². The minimum atomic E-state index is -0.221. The first-order chi connectivity index (χ1) is 20.6. The molecular weight excluding hydrogens is 523 g/mol. The molecule has 2 heterocycles. The van der Waals surface area contributed by atoms with Crippen molar-refractivity contribution < 1.29 is 13.9 Å². The Morgan fingerprint density at radius 3 is 2.33 bits per heavy atom. The number of carbonyl (C=O) groups is 1. The summed E-state index contributed by atoms with van der Waals surface area (Å²) in [5, 5.41) is 0. The summed E-state index contributed by atoms with van der Waals surface area (Å²) in [4.78, 5) is 18.1. The van der Waals surface area contributed by atoms with Gasteiger partial charge in [0.15, 0.2) is 5.78 Å². The Bertz CT molecular complexity index is 1480. The Morgan fingerprint density at radius 1 is 0.762 bits per heavy atom. The van der Waals surface area contributed by atoms with Crippen LogP contribution in [0.25, 0.3) is 11.1 Å². The van der Waals surface area contributed by atoms with Crippen LogP contribution in [-0.4, -0.2) is 41.8 Å². The lowest BCUT2D eigenvalue weighted by atomic mass is 9.90. The van der Waals surface area contributed by atoms with Gasteiger partial charge in [0.05, 0.1) is 0 Å². The van der Waals surface area contributed by atoms with E-state index in [1.54, 1.807) is 0 Å². The smallest absolute Gasteiger partial charge is 0.162 e. The zero-order valence-electron chi connectivity index (χ0n) is 24.2. The zero-order chi connectivity index (χ0) is 28.7. The minimum absolute atomic E-state index is 0.215. The Hall–Kier alpha value is -3.80. The fourth-order valence-corrected chi connectivity index (χ4v) is 6.26. The van der Waals surface area contributed by atoms with Crippen molar-refractivity contribution in [3.8, 4) is 16.9 Å². The minimum Gasteiger partial charge on any atom is -0.492 e. The van der Waals surface area contributed by atoms with E-state index in [2.05, 4.69) is 64.4 Å². The maximum atomic E-state index is 13.3. The third-order valence-electron chi connectivity index (χ3n) is 8.69. The summed E-state index contributed by atoms with van der Waals surface area (Å²) >= 11 is 0. The van der Waals surface area contributed by atoms with Crippen LogP contribution in [0.5, 0.6) is 5.75 Å². The SMILES string of the molecule is O=C(CCC1CCN(Cc2cccc(-c3ccccc3)c2)CC1)c1ccc2c(c1)CN(Cc1ccc(F)cc1)CCO2. The van der Waals surface area contributed by atoms with Gasteiger partial charge in [-0.25, -0.2) is 4.39 Å². The van der Waals surface area contributed by atoms with Gasteiger partial charge in [-0.05, 0) is 96.9 Å². The number of ether oxygens (including phenoxy) is 1. The normalized spacial score (nSPS) is 16.4. The van der Waals surface area contributed by atoms with Gasteiger partial charge < -0.3 is 4.74 Å². The monoisotopic (exact) mass is 562 g/mol. The molecule has 2 aliphatic rings. The fraction of sp³-hybridized carbons (Fsp3) is 0.324. The molecular formula is C37H39FN2O2. The molecule has 0 radical (unpaired) electrons. The molecule has 6 rings (SSSR count). The van der Waals surface area contributed by atoms with Gasteiger partial charge in [-0.3, -0.25) is 14.6 Å². The van der Waals surface area contributed by atoms with Crippen molar-refractivity contribution in [2.75, 3.05) is 26.2 Å². The van der Waals surface area contributed by atoms with Gasteiger partial charge in [-0.15, -0.1) is 0 Å². The number of piperidine rings is 1. The number of hydrogen-bond donors (Lipinski definition) is 0. The van der Waals surface area contributed by atoms with Gasteiger partial charge >= 0.3 is 0 Å². The van der Waals surface area contributed by atoms with E-state index >= 15 is 0 Å². The number of fused-ring (bicyclic) bond motifs is 1. The Morgan fingerprint density at radius 2 is 1.52 bits per heavy atom. The van der Waals surface area contributed by atoms with Crippen molar-refractivity contribution in [2.45, 2.75) is 45.3 Å². The number of hydrogen-bond acceptors (Lipinski definition) is 4. The van der Waals surface area contributed by atoms with Crippen LogP contribution in [0.4, 0.5) is 4.39 Å². The topological polar surface area (TPSA) is 32.8 Å². The van der Waals surface area contributed by atoms with E-state index < -0.39 is 0 Å².